The van der Waals surface area contributed by atoms with Crippen LogP contribution in [0.2, 0.25) is 5.02 Å². The van der Waals surface area contributed by atoms with Gasteiger partial charge in [0.15, 0.2) is 0 Å². The standard InChI is InChI=1S/C21H18ClF3N2O2/c22-17-9-12(3-6-16(17)21(23,24)25)15(10-13-4-8-19(28)26-13)18-7-5-14(11-1-2-11)20(29)27-18/h3,5-7,9-11,13H,1-2,4,8H2,(H,26,28)(H,27,29)/b15-10-/t13-/m1/s1. The number of aromatic amines is 1. The first-order valence-corrected chi connectivity index (χ1v) is 9.72. The first-order valence-electron chi connectivity index (χ1n) is 9.34. The molecule has 0 spiro atoms. The number of pyridine rings is 1. The summed E-state index contributed by atoms with van der Waals surface area (Å²) in [7, 11) is 0. The fourth-order valence-corrected chi connectivity index (χ4v) is 3.86. The van der Waals surface area contributed by atoms with Crippen LogP contribution in [0.5, 0.6) is 0 Å². The molecule has 2 fully saturated rings. The quantitative estimate of drug-likeness (QED) is 0.754. The Balaban J connectivity index is 1.78. The van der Waals surface area contributed by atoms with Crippen molar-refractivity contribution in [1.82, 2.24) is 10.3 Å². The average Bonchev–Trinajstić information content (AvgIpc) is 3.40. The molecule has 0 unspecified atom stereocenters. The summed E-state index contributed by atoms with van der Waals surface area (Å²) in [6.45, 7) is 0. The van der Waals surface area contributed by atoms with Crippen molar-refractivity contribution in [2.75, 3.05) is 0 Å². The topological polar surface area (TPSA) is 62.0 Å². The van der Waals surface area contributed by atoms with Crippen LogP contribution in [0.4, 0.5) is 13.2 Å². The Labute approximate surface area is 169 Å². The van der Waals surface area contributed by atoms with E-state index in [1.54, 1.807) is 18.2 Å². The van der Waals surface area contributed by atoms with E-state index in [4.69, 9.17) is 11.6 Å². The molecule has 8 heteroatoms. The number of aromatic nitrogens is 1. The minimum absolute atomic E-state index is 0.0892. The zero-order valence-electron chi connectivity index (χ0n) is 15.3. The highest BCUT2D eigenvalue weighted by Crippen LogP contribution is 2.39. The first kappa shape index (κ1) is 19.8. The lowest BCUT2D eigenvalue weighted by atomic mass is 9.97. The third-order valence-corrected chi connectivity index (χ3v) is 5.54. The number of halogens is 4. The van der Waals surface area contributed by atoms with Gasteiger partial charge in [-0.15, -0.1) is 0 Å². The number of hydrogen-bond donors (Lipinski definition) is 2. The van der Waals surface area contributed by atoms with Gasteiger partial charge in [0, 0.05) is 29.3 Å². The Kier molecular flexibility index (Phi) is 5.02. The Morgan fingerprint density at radius 2 is 1.86 bits per heavy atom. The summed E-state index contributed by atoms with van der Waals surface area (Å²) in [4.78, 5) is 26.9. The molecular formula is C21H18ClF3N2O2. The van der Waals surface area contributed by atoms with Crippen LogP contribution in [-0.4, -0.2) is 16.9 Å². The van der Waals surface area contributed by atoms with Crippen molar-refractivity contribution in [1.29, 1.82) is 0 Å². The highest BCUT2D eigenvalue weighted by atomic mass is 35.5. The number of rotatable bonds is 4. The normalized spacial score (nSPS) is 20.1. The summed E-state index contributed by atoms with van der Waals surface area (Å²) < 4.78 is 39.2. The summed E-state index contributed by atoms with van der Waals surface area (Å²) in [5.41, 5.74) is 1.01. The number of H-pyrrole nitrogens is 1. The molecule has 1 aromatic carbocycles. The Morgan fingerprint density at radius 1 is 1.10 bits per heavy atom. The number of nitrogens with one attached hydrogen (secondary N) is 2. The van der Waals surface area contributed by atoms with E-state index in [1.807, 2.05) is 0 Å². The van der Waals surface area contributed by atoms with Crippen molar-refractivity contribution >= 4 is 23.1 Å². The molecule has 1 saturated carbocycles. The van der Waals surface area contributed by atoms with Crippen LogP contribution in [0, 0.1) is 0 Å². The van der Waals surface area contributed by atoms with Crippen LogP contribution in [0.1, 0.15) is 54.0 Å². The molecule has 1 saturated heterocycles. The molecule has 1 aromatic heterocycles. The van der Waals surface area contributed by atoms with Crippen LogP contribution in [0.25, 0.3) is 5.57 Å². The summed E-state index contributed by atoms with van der Waals surface area (Å²) in [5.74, 6) is 0.184. The molecular weight excluding hydrogens is 405 g/mol. The van der Waals surface area contributed by atoms with Gasteiger partial charge in [-0.25, -0.2) is 0 Å². The van der Waals surface area contributed by atoms with Crippen molar-refractivity contribution in [2.45, 2.75) is 43.8 Å². The number of carbonyl (C=O) groups excluding carboxylic acids is 1. The maximum atomic E-state index is 13.1. The molecule has 1 amide bonds. The molecule has 1 atom stereocenters. The van der Waals surface area contributed by atoms with Crippen LogP contribution in [0.3, 0.4) is 0 Å². The summed E-state index contributed by atoms with van der Waals surface area (Å²) >= 11 is 5.90. The minimum Gasteiger partial charge on any atom is -0.350 e. The Morgan fingerprint density at radius 3 is 2.41 bits per heavy atom. The summed E-state index contributed by atoms with van der Waals surface area (Å²) in [6, 6.07) is 6.73. The van der Waals surface area contributed by atoms with E-state index in [-0.39, 0.29) is 23.4 Å². The fourth-order valence-electron chi connectivity index (χ4n) is 3.58. The van der Waals surface area contributed by atoms with Gasteiger partial charge in [-0.3, -0.25) is 9.59 Å². The molecule has 2 heterocycles. The minimum atomic E-state index is -4.56. The van der Waals surface area contributed by atoms with Crippen molar-refractivity contribution in [3.8, 4) is 0 Å². The second-order valence-corrected chi connectivity index (χ2v) is 7.82. The van der Waals surface area contributed by atoms with Crippen molar-refractivity contribution in [3.63, 3.8) is 0 Å². The lowest BCUT2D eigenvalue weighted by molar-refractivity contribution is -0.137. The van der Waals surface area contributed by atoms with E-state index in [9.17, 15) is 22.8 Å². The summed E-state index contributed by atoms with van der Waals surface area (Å²) in [6.07, 6.45) is 0.104. The molecule has 1 aliphatic heterocycles. The Bertz CT molecular complexity index is 1050. The maximum Gasteiger partial charge on any atom is 0.417 e. The lowest BCUT2D eigenvalue weighted by Gasteiger charge is -2.15. The zero-order valence-corrected chi connectivity index (χ0v) is 16.0. The highest BCUT2D eigenvalue weighted by Gasteiger charge is 2.33. The SMILES string of the molecule is O=C1CC[C@H](/C=C(/c2ccc(C(F)(F)F)c(Cl)c2)c2ccc(C3CC3)c(=O)[nH]2)N1. The number of benzene rings is 1. The van der Waals surface area contributed by atoms with E-state index in [0.717, 1.165) is 18.9 Å². The van der Waals surface area contributed by atoms with E-state index in [0.29, 0.717) is 35.2 Å². The van der Waals surface area contributed by atoms with E-state index in [1.165, 1.54) is 12.1 Å². The highest BCUT2D eigenvalue weighted by molar-refractivity contribution is 6.31. The van der Waals surface area contributed by atoms with E-state index >= 15 is 0 Å². The third kappa shape index (κ3) is 4.24. The van der Waals surface area contributed by atoms with E-state index in [2.05, 4.69) is 10.3 Å². The number of hydrogen-bond acceptors (Lipinski definition) is 2. The smallest absolute Gasteiger partial charge is 0.350 e. The van der Waals surface area contributed by atoms with Gasteiger partial charge in [0.05, 0.1) is 10.6 Å². The molecule has 152 valence electrons. The molecule has 4 nitrogen and oxygen atoms in total. The largest absolute Gasteiger partial charge is 0.417 e. The molecule has 2 N–H and O–H groups in total. The van der Waals surface area contributed by atoms with Crippen LogP contribution in [-0.2, 0) is 11.0 Å². The van der Waals surface area contributed by atoms with E-state index < -0.39 is 16.8 Å². The fraction of sp³-hybridized carbons (Fsp3) is 0.333. The third-order valence-electron chi connectivity index (χ3n) is 5.23. The molecule has 0 radical (unpaired) electrons. The van der Waals surface area contributed by atoms with Gasteiger partial charge in [0.1, 0.15) is 0 Å². The lowest BCUT2D eigenvalue weighted by Crippen LogP contribution is -2.23. The number of alkyl halides is 3. The molecule has 0 bridgehead atoms. The average molecular weight is 423 g/mol. The van der Waals surface area contributed by atoms with Gasteiger partial charge in [-0.2, -0.15) is 13.2 Å². The van der Waals surface area contributed by atoms with Crippen molar-refractivity contribution in [3.05, 3.63) is 74.2 Å². The second-order valence-electron chi connectivity index (χ2n) is 7.42. The van der Waals surface area contributed by atoms with Crippen molar-refractivity contribution in [2.24, 2.45) is 0 Å². The summed E-state index contributed by atoms with van der Waals surface area (Å²) in [5, 5.41) is 2.39. The first-order chi connectivity index (χ1) is 13.7. The predicted octanol–water partition coefficient (Wildman–Crippen LogP) is 4.63. The van der Waals surface area contributed by atoms with Crippen LogP contribution < -0.4 is 10.9 Å². The molecule has 2 aromatic rings. The molecule has 1 aliphatic carbocycles. The van der Waals surface area contributed by atoms with Gasteiger partial charge in [0.25, 0.3) is 5.56 Å². The van der Waals surface area contributed by atoms with Gasteiger partial charge in [0.2, 0.25) is 5.91 Å². The molecule has 4 rings (SSSR count). The van der Waals surface area contributed by atoms with Gasteiger partial charge in [-0.05, 0) is 48.9 Å². The maximum absolute atomic E-state index is 13.1. The number of carbonyl (C=O) groups is 1. The van der Waals surface area contributed by atoms with Crippen LogP contribution in [0.15, 0.2) is 41.2 Å². The van der Waals surface area contributed by atoms with Gasteiger partial charge in [-0.1, -0.05) is 29.8 Å². The van der Waals surface area contributed by atoms with Crippen molar-refractivity contribution < 1.29 is 18.0 Å². The van der Waals surface area contributed by atoms with Crippen LogP contribution >= 0.6 is 11.6 Å². The second kappa shape index (κ2) is 7.37. The predicted molar refractivity (Wildman–Crippen MR) is 104 cm³/mol. The molecule has 29 heavy (non-hydrogen) atoms. The monoisotopic (exact) mass is 422 g/mol. The zero-order chi connectivity index (χ0) is 20.8. The Hall–Kier alpha value is -2.54. The number of amides is 1. The molecule has 2 aliphatic rings. The van der Waals surface area contributed by atoms with Gasteiger partial charge >= 0.3 is 6.18 Å². The van der Waals surface area contributed by atoms with Gasteiger partial charge < -0.3 is 10.3 Å².